The fourth-order valence-corrected chi connectivity index (χ4v) is 2.20. The quantitative estimate of drug-likeness (QED) is 0.632. The van der Waals surface area contributed by atoms with Gasteiger partial charge in [-0.05, 0) is 18.6 Å². The molecule has 6 nitrogen and oxygen atoms in total. The van der Waals surface area contributed by atoms with Crippen LogP contribution in [0.1, 0.15) is 15.9 Å². The number of rotatable bonds is 2. The molecule has 1 atom stereocenters. The van der Waals surface area contributed by atoms with Crippen molar-refractivity contribution >= 4 is 17.6 Å². The molecule has 2 rings (SSSR count). The van der Waals surface area contributed by atoms with Crippen LogP contribution in [-0.2, 0) is 14.3 Å². The number of nitrogen functional groups attached to an aromatic ring is 1. The summed E-state index contributed by atoms with van der Waals surface area (Å²) in [6, 6.07) is 4.55. The van der Waals surface area contributed by atoms with Gasteiger partial charge in [0.15, 0.2) is 6.04 Å². The minimum absolute atomic E-state index is 0.143. The zero-order valence-corrected chi connectivity index (χ0v) is 11.6. The van der Waals surface area contributed by atoms with Crippen molar-refractivity contribution in [2.45, 2.75) is 13.0 Å². The largest absolute Gasteiger partial charge is 0.467 e. The summed E-state index contributed by atoms with van der Waals surface area (Å²) < 4.78 is 9.97. The average Bonchev–Trinajstić information content (AvgIpc) is 2.48. The molecular formula is C14H18N2O4. The number of anilines is 1. The molecule has 2 N–H and O–H groups in total. The molecule has 0 spiro atoms. The lowest BCUT2D eigenvalue weighted by atomic mass is 10.1. The minimum Gasteiger partial charge on any atom is -0.467 e. The zero-order chi connectivity index (χ0) is 14.7. The number of nitrogens with two attached hydrogens (primary N) is 1. The second-order valence-electron chi connectivity index (χ2n) is 4.65. The molecule has 1 amide bonds. The molecule has 1 saturated heterocycles. The van der Waals surface area contributed by atoms with E-state index in [1.165, 1.54) is 12.0 Å². The molecule has 0 saturated carbocycles. The van der Waals surface area contributed by atoms with E-state index in [0.29, 0.717) is 24.4 Å². The van der Waals surface area contributed by atoms with Crippen LogP contribution in [0.2, 0.25) is 0 Å². The molecule has 6 heteroatoms. The third kappa shape index (κ3) is 2.60. The average molecular weight is 278 g/mol. The maximum atomic E-state index is 12.6. The molecule has 1 aliphatic rings. The second-order valence-corrected chi connectivity index (χ2v) is 4.65. The topological polar surface area (TPSA) is 81.9 Å². The van der Waals surface area contributed by atoms with Crippen molar-refractivity contribution in [2.24, 2.45) is 0 Å². The van der Waals surface area contributed by atoms with Crippen LogP contribution >= 0.6 is 0 Å². The van der Waals surface area contributed by atoms with E-state index in [1.54, 1.807) is 12.1 Å². The fraction of sp³-hybridized carbons (Fsp3) is 0.429. The number of hydrogen-bond acceptors (Lipinski definition) is 5. The van der Waals surface area contributed by atoms with Crippen molar-refractivity contribution in [3.8, 4) is 0 Å². The number of aryl methyl sites for hydroxylation is 1. The number of carbonyl (C=O) groups excluding carboxylic acids is 2. The molecule has 0 aromatic heterocycles. The van der Waals surface area contributed by atoms with E-state index in [4.69, 9.17) is 15.2 Å². The first-order chi connectivity index (χ1) is 9.56. The van der Waals surface area contributed by atoms with Gasteiger partial charge in [0.25, 0.3) is 5.91 Å². The molecule has 1 aliphatic heterocycles. The summed E-state index contributed by atoms with van der Waals surface area (Å²) in [5.74, 6) is -0.755. The number of hydrogen-bond donors (Lipinski definition) is 1. The number of ether oxygens (including phenoxy) is 2. The highest BCUT2D eigenvalue weighted by Crippen LogP contribution is 2.21. The summed E-state index contributed by atoms with van der Waals surface area (Å²) in [5.41, 5.74) is 7.62. The van der Waals surface area contributed by atoms with E-state index >= 15 is 0 Å². The van der Waals surface area contributed by atoms with Gasteiger partial charge in [0.2, 0.25) is 0 Å². The monoisotopic (exact) mass is 278 g/mol. The Morgan fingerprint density at radius 1 is 1.45 bits per heavy atom. The van der Waals surface area contributed by atoms with Crippen LogP contribution in [0.4, 0.5) is 5.69 Å². The lowest BCUT2D eigenvalue weighted by Gasteiger charge is -2.34. The lowest BCUT2D eigenvalue weighted by molar-refractivity contribution is -0.151. The van der Waals surface area contributed by atoms with Gasteiger partial charge in [-0.1, -0.05) is 12.1 Å². The van der Waals surface area contributed by atoms with Gasteiger partial charge in [-0.25, -0.2) is 4.79 Å². The third-order valence-corrected chi connectivity index (χ3v) is 3.42. The Kier molecular flexibility index (Phi) is 4.24. The Bertz CT molecular complexity index is 530. The van der Waals surface area contributed by atoms with E-state index in [2.05, 4.69) is 0 Å². The van der Waals surface area contributed by atoms with Gasteiger partial charge in [-0.2, -0.15) is 0 Å². The van der Waals surface area contributed by atoms with Crippen LogP contribution < -0.4 is 5.73 Å². The maximum absolute atomic E-state index is 12.6. The van der Waals surface area contributed by atoms with Crippen molar-refractivity contribution in [2.75, 3.05) is 32.6 Å². The smallest absolute Gasteiger partial charge is 0.331 e. The van der Waals surface area contributed by atoms with Crippen molar-refractivity contribution in [3.05, 3.63) is 29.3 Å². The van der Waals surface area contributed by atoms with Gasteiger partial charge in [0, 0.05) is 12.2 Å². The molecule has 1 heterocycles. The van der Waals surface area contributed by atoms with Crippen LogP contribution in [0.25, 0.3) is 0 Å². The Labute approximate surface area is 117 Å². The molecule has 1 aromatic carbocycles. The summed E-state index contributed by atoms with van der Waals surface area (Å²) in [4.78, 5) is 25.8. The van der Waals surface area contributed by atoms with Gasteiger partial charge >= 0.3 is 5.97 Å². The van der Waals surface area contributed by atoms with E-state index in [0.717, 1.165) is 5.56 Å². The predicted octanol–water partition coefficient (Wildman–Crippen LogP) is 0.591. The highest BCUT2D eigenvalue weighted by atomic mass is 16.5. The summed E-state index contributed by atoms with van der Waals surface area (Å²) >= 11 is 0. The first-order valence-electron chi connectivity index (χ1n) is 6.38. The number of carbonyl (C=O) groups is 2. The van der Waals surface area contributed by atoms with Crippen molar-refractivity contribution in [1.82, 2.24) is 4.90 Å². The SMILES string of the molecule is COC(=O)C1COCCN1C(=O)c1cccc(C)c1N. The van der Waals surface area contributed by atoms with Crippen molar-refractivity contribution in [1.29, 1.82) is 0 Å². The zero-order valence-electron chi connectivity index (χ0n) is 11.6. The van der Waals surface area contributed by atoms with E-state index in [9.17, 15) is 9.59 Å². The minimum atomic E-state index is -0.721. The fourth-order valence-electron chi connectivity index (χ4n) is 2.20. The Morgan fingerprint density at radius 2 is 2.20 bits per heavy atom. The Balaban J connectivity index is 2.30. The number of para-hydroxylation sites is 1. The molecule has 1 aromatic rings. The van der Waals surface area contributed by atoms with Crippen LogP contribution in [-0.4, -0.2) is 49.7 Å². The van der Waals surface area contributed by atoms with Gasteiger partial charge in [-0.15, -0.1) is 0 Å². The third-order valence-electron chi connectivity index (χ3n) is 3.42. The Morgan fingerprint density at radius 3 is 2.90 bits per heavy atom. The molecule has 0 radical (unpaired) electrons. The van der Waals surface area contributed by atoms with Crippen LogP contribution in [0, 0.1) is 6.92 Å². The van der Waals surface area contributed by atoms with Crippen molar-refractivity contribution < 1.29 is 19.1 Å². The van der Waals surface area contributed by atoms with E-state index < -0.39 is 12.0 Å². The molecule has 1 unspecified atom stereocenters. The molecule has 1 fully saturated rings. The first-order valence-corrected chi connectivity index (χ1v) is 6.38. The number of methoxy groups -OCH3 is 1. The van der Waals surface area contributed by atoms with Gasteiger partial charge in [-0.3, -0.25) is 4.79 Å². The van der Waals surface area contributed by atoms with Crippen LogP contribution in [0.15, 0.2) is 18.2 Å². The Hall–Kier alpha value is -2.08. The summed E-state index contributed by atoms with van der Waals surface area (Å²) in [6.45, 7) is 2.71. The number of benzene rings is 1. The predicted molar refractivity (Wildman–Crippen MR) is 73.3 cm³/mol. The number of nitrogens with zero attached hydrogens (tertiary/aromatic N) is 1. The molecule has 0 bridgehead atoms. The molecular weight excluding hydrogens is 260 g/mol. The van der Waals surface area contributed by atoms with Crippen LogP contribution in [0.5, 0.6) is 0 Å². The number of esters is 1. The number of morpholine rings is 1. The molecule has 108 valence electrons. The maximum Gasteiger partial charge on any atom is 0.331 e. The second kappa shape index (κ2) is 5.92. The first kappa shape index (κ1) is 14.3. The molecule has 20 heavy (non-hydrogen) atoms. The summed E-state index contributed by atoms with van der Waals surface area (Å²) in [6.07, 6.45) is 0. The molecule has 0 aliphatic carbocycles. The highest BCUT2D eigenvalue weighted by Gasteiger charge is 2.34. The normalized spacial score (nSPS) is 18.7. The van der Waals surface area contributed by atoms with E-state index in [1.807, 2.05) is 13.0 Å². The van der Waals surface area contributed by atoms with E-state index in [-0.39, 0.29) is 12.5 Å². The van der Waals surface area contributed by atoms with Gasteiger partial charge in [0.05, 0.1) is 25.9 Å². The lowest BCUT2D eigenvalue weighted by Crippen LogP contribution is -2.53. The highest BCUT2D eigenvalue weighted by molar-refractivity contribution is 6.01. The number of amides is 1. The van der Waals surface area contributed by atoms with Gasteiger partial charge < -0.3 is 20.1 Å². The van der Waals surface area contributed by atoms with Crippen LogP contribution in [0.3, 0.4) is 0 Å². The van der Waals surface area contributed by atoms with Gasteiger partial charge in [0.1, 0.15) is 0 Å². The standard InChI is InChI=1S/C14H18N2O4/c1-9-4-3-5-10(12(9)15)13(17)16-6-7-20-8-11(16)14(18)19-2/h3-5,11H,6-8,15H2,1-2H3. The summed E-state index contributed by atoms with van der Waals surface area (Å²) in [7, 11) is 1.29. The summed E-state index contributed by atoms with van der Waals surface area (Å²) in [5, 5.41) is 0. The van der Waals surface area contributed by atoms with Crippen molar-refractivity contribution in [3.63, 3.8) is 0 Å².